The van der Waals surface area contributed by atoms with Crippen LogP contribution in [0.5, 0.6) is 0 Å². The third-order valence-corrected chi connectivity index (χ3v) is 3.72. The van der Waals surface area contributed by atoms with E-state index in [9.17, 15) is 10.0 Å². The molecule has 0 heterocycles. The van der Waals surface area contributed by atoms with E-state index >= 15 is 0 Å². The van der Waals surface area contributed by atoms with Gasteiger partial charge in [0.2, 0.25) is 0 Å². The summed E-state index contributed by atoms with van der Waals surface area (Å²) >= 11 is 0. The van der Waals surface area contributed by atoms with Crippen LogP contribution in [0.15, 0.2) is 24.3 Å². The minimum atomic E-state index is -1.39. The van der Waals surface area contributed by atoms with Crippen molar-refractivity contribution in [1.29, 1.82) is 0 Å². The number of unbranched alkanes of at least 4 members (excludes halogenated alkanes) is 1. The Labute approximate surface area is 117 Å². The highest BCUT2D eigenvalue weighted by molar-refractivity contribution is 6.59. The molecule has 1 rings (SSSR count). The lowest BCUT2D eigenvalue weighted by molar-refractivity contribution is 0.192. The fraction of sp³-hybridized carbons (Fsp3) is 0.600. The summed E-state index contributed by atoms with van der Waals surface area (Å²) in [4.78, 5) is 2.42. The first kappa shape index (κ1) is 16.2. The molecule has 0 spiro atoms. The first-order chi connectivity index (χ1) is 9.10. The third kappa shape index (κ3) is 4.98. The molecular weight excluding hydrogens is 237 g/mol. The van der Waals surface area contributed by atoms with Crippen LogP contribution in [0, 0.1) is 0 Å². The van der Waals surface area contributed by atoms with Gasteiger partial charge in [0.05, 0.1) is 0 Å². The molecule has 0 bridgehead atoms. The maximum Gasteiger partial charge on any atom is 0.488 e. The van der Waals surface area contributed by atoms with Gasteiger partial charge in [0, 0.05) is 12.6 Å². The van der Waals surface area contributed by atoms with Gasteiger partial charge < -0.3 is 10.0 Å². The maximum atomic E-state index is 9.43. The fourth-order valence-corrected chi connectivity index (χ4v) is 2.22. The topological polar surface area (TPSA) is 43.7 Å². The van der Waals surface area contributed by atoms with E-state index in [0.29, 0.717) is 11.5 Å². The summed E-state index contributed by atoms with van der Waals surface area (Å²) in [5, 5.41) is 18.9. The summed E-state index contributed by atoms with van der Waals surface area (Å²) in [6, 6.07) is 8.08. The molecule has 1 aromatic rings. The van der Waals surface area contributed by atoms with Crippen LogP contribution in [0.25, 0.3) is 0 Å². The summed E-state index contributed by atoms with van der Waals surface area (Å²) in [5.74, 6) is 0. The van der Waals surface area contributed by atoms with Crippen molar-refractivity contribution in [3.63, 3.8) is 0 Å². The predicted octanol–water partition coefficient (Wildman–Crippen LogP) is 1.77. The molecule has 0 aliphatic rings. The highest BCUT2D eigenvalue weighted by atomic mass is 16.4. The van der Waals surface area contributed by atoms with Crippen LogP contribution in [-0.2, 0) is 6.54 Å². The molecule has 0 saturated heterocycles. The summed E-state index contributed by atoms with van der Waals surface area (Å²) in [6.07, 6.45) is 3.46. The zero-order valence-corrected chi connectivity index (χ0v) is 12.3. The average Bonchev–Trinajstić information content (AvgIpc) is 2.42. The molecule has 1 aromatic carbocycles. The van der Waals surface area contributed by atoms with Gasteiger partial charge in [-0.05, 0) is 37.3 Å². The van der Waals surface area contributed by atoms with Crippen LogP contribution in [0.1, 0.15) is 45.6 Å². The zero-order chi connectivity index (χ0) is 14.3. The minimum Gasteiger partial charge on any atom is -0.423 e. The summed E-state index contributed by atoms with van der Waals surface area (Å²) < 4.78 is 0. The molecule has 0 radical (unpaired) electrons. The van der Waals surface area contributed by atoms with E-state index in [1.807, 2.05) is 18.2 Å². The largest absolute Gasteiger partial charge is 0.488 e. The molecule has 0 aliphatic carbocycles. The van der Waals surface area contributed by atoms with Crippen molar-refractivity contribution in [3.8, 4) is 0 Å². The van der Waals surface area contributed by atoms with Crippen LogP contribution in [0.3, 0.4) is 0 Å². The third-order valence-electron chi connectivity index (χ3n) is 3.72. The Morgan fingerprint density at radius 1 is 1.21 bits per heavy atom. The summed E-state index contributed by atoms with van der Waals surface area (Å²) in [6.45, 7) is 8.45. The first-order valence-electron chi connectivity index (χ1n) is 7.28. The Balaban J connectivity index is 2.83. The molecular formula is C15H26BNO2. The van der Waals surface area contributed by atoms with Crippen molar-refractivity contribution >= 4 is 12.6 Å². The smallest absolute Gasteiger partial charge is 0.423 e. The van der Waals surface area contributed by atoms with Crippen molar-refractivity contribution < 1.29 is 10.0 Å². The molecule has 0 aliphatic heterocycles. The van der Waals surface area contributed by atoms with Crippen molar-refractivity contribution in [2.75, 3.05) is 6.54 Å². The second-order valence-corrected chi connectivity index (χ2v) is 5.15. The number of hydrogen-bond acceptors (Lipinski definition) is 3. The van der Waals surface area contributed by atoms with Gasteiger partial charge in [-0.1, -0.05) is 44.5 Å². The predicted molar refractivity (Wildman–Crippen MR) is 81.3 cm³/mol. The maximum absolute atomic E-state index is 9.43. The molecule has 19 heavy (non-hydrogen) atoms. The normalized spacial score (nSPS) is 12.7. The Kier molecular flexibility index (Phi) is 7.14. The molecule has 3 nitrogen and oxygen atoms in total. The molecule has 0 saturated carbocycles. The number of nitrogens with zero attached hydrogens (tertiary/aromatic N) is 1. The fourth-order valence-electron chi connectivity index (χ4n) is 2.22. The van der Waals surface area contributed by atoms with Gasteiger partial charge in [0.25, 0.3) is 0 Å². The molecule has 2 N–H and O–H groups in total. The van der Waals surface area contributed by atoms with Gasteiger partial charge in [-0.15, -0.1) is 0 Å². The van der Waals surface area contributed by atoms with Gasteiger partial charge in [0.1, 0.15) is 0 Å². The molecule has 106 valence electrons. The van der Waals surface area contributed by atoms with Crippen molar-refractivity contribution in [2.45, 2.75) is 52.6 Å². The van der Waals surface area contributed by atoms with Crippen LogP contribution < -0.4 is 5.46 Å². The van der Waals surface area contributed by atoms with Gasteiger partial charge in [-0.2, -0.15) is 0 Å². The van der Waals surface area contributed by atoms with Crippen molar-refractivity contribution in [2.24, 2.45) is 0 Å². The lowest BCUT2D eigenvalue weighted by Crippen LogP contribution is -2.38. The minimum absolute atomic E-state index is 0.510. The molecule has 0 fully saturated rings. The molecule has 0 amide bonds. The van der Waals surface area contributed by atoms with Crippen LogP contribution in [0.4, 0.5) is 0 Å². The van der Waals surface area contributed by atoms with Crippen LogP contribution in [0.2, 0.25) is 0 Å². The lowest BCUT2D eigenvalue weighted by Gasteiger charge is -2.29. The Morgan fingerprint density at radius 2 is 1.89 bits per heavy atom. The van der Waals surface area contributed by atoms with E-state index in [1.165, 1.54) is 12.8 Å². The number of rotatable bonds is 8. The SMILES string of the molecule is CCCCN(Cc1ccccc1B(O)O)C(C)CC. The highest BCUT2D eigenvalue weighted by Crippen LogP contribution is 2.11. The Bertz CT molecular complexity index is 371. The van der Waals surface area contributed by atoms with Gasteiger partial charge >= 0.3 is 7.12 Å². The second-order valence-electron chi connectivity index (χ2n) is 5.15. The highest BCUT2D eigenvalue weighted by Gasteiger charge is 2.18. The van der Waals surface area contributed by atoms with Crippen LogP contribution >= 0.6 is 0 Å². The van der Waals surface area contributed by atoms with E-state index in [-0.39, 0.29) is 0 Å². The zero-order valence-electron chi connectivity index (χ0n) is 12.3. The van der Waals surface area contributed by atoms with Gasteiger partial charge in [-0.25, -0.2) is 0 Å². The second kappa shape index (κ2) is 8.36. The average molecular weight is 263 g/mol. The van der Waals surface area contributed by atoms with E-state index in [0.717, 1.165) is 25.1 Å². The summed E-state index contributed by atoms with van der Waals surface area (Å²) in [7, 11) is -1.39. The quantitative estimate of drug-likeness (QED) is 0.702. The standard InChI is InChI=1S/C15H26BNO2/c1-4-6-11-17(13(3)5-2)12-14-9-7-8-10-15(14)16(18)19/h7-10,13,18-19H,4-6,11-12H2,1-3H3. The van der Waals surface area contributed by atoms with E-state index < -0.39 is 7.12 Å². The number of hydrogen-bond donors (Lipinski definition) is 2. The molecule has 4 heteroatoms. The van der Waals surface area contributed by atoms with E-state index in [4.69, 9.17) is 0 Å². The van der Waals surface area contributed by atoms with E-state index in [1.54, 1.807) is 6.07 Å². The van der Waals surface area contributed by atoms with Gasteiger partial charge in [-0.3, -0.25) is 4.90 Å². The summed E-state index contributed by atoms with van der Waals surface area (Å²) in [5.41, 5.74) is 1.63. The van der Waals surface area contributed by atoms with Crippen molar-refractivity contribution in [3.05, 3.63) is 29.8 Å². The lowest BCUT2D eigenvalue weighted by atomic mass is 9.77. The van der Waals surface area contributed by atoms with Gasteiger partial charge in [0.15, 0.2) is 0 Å². The molecule has 1 unspecified atom stereocenters. The van der Waals surface area contributed by atoms with Crippen molar-refractivity contribution in [1.82, 2.24) is 4.90 Å². The van der Waals surface area contributed by atoms with E-state index in [2.05, 4.69) is 25.7 Å². The molecule has 0 aromatic heterocycles. The number of benzene rings is 1. The van der Waals surface area contributed by atoms with Crippen LogP contribution in [-0.4, -0.2) is 34.7 Å². The molecule has 1 atom stereocenters. The Hall–Kier alpha value is -0.835. The monoisotopic (exact) mass is 263 g/mol. The first-order valence-corrected chi connectivity index (χ1v) is 7.28. The Morgan fingerprint density at radius 3 is 2.47 bits per heavy atom.